The number of amides is 3. The monoisotopic (exact) mass is 285 g/mol. The van der Waals surface area contributed by atoms with Crippen LogP contribution in [0.15, 0.2) is 0 Å². The van der Waals surface area contributed by atoms with Crippen LogP contribution < -0.4 is 11.1 Å². The summed E-state index contributed by atoms with van der Waals surface area (Å²) in [5, 5.41) is 11.5. The largest absolute Gasteiger partial charge is 0.480 e. The van der Waals surface area contributed by atoms with Crippen LogP contribution in [0.3, 0.4) is 0 Å². The fourth-order valence-electron chi connectivity index (χ4n) is 2.48. The number of nitrogens with one attached hydrogen (secondary N) is 1. The van der Waals surface area contributed by atoms with E-state index in [1.165, 1.54) is 0 Å². The van der Waals surface area contributed by atoms with E-state index in [0.29, 0.717) is 12.5 Å². The second kappa shape index (κ2) is 7.12. The van der Waals surface area contributed by atoms with Crippen LogP contribution >= 0.6 is 0 Å². The van der Waals surface area contributed by atoms with E-state index in [-0.39, 0.29) is 24.9 Å². The highest BCUT2D eigenvalue weighted by atomic mass is 16.4. The van der Waals surface area contributed by atoms with E-state index < -0.39 is 17.9 Å². The Bertz CT molecular complexity index is 386. The summed E-state index contributed by atoms with van der Waals surface area (Å²) in [5.41, 5.74) is 5.00. The minimum Gasteiger partial charge on any atom is -0.480 e. The number of nitrogens with zero attached hydrogens (tertiary/aromatic N) is 1. The molecule has 20 heavy (non-hydrogen) atoms. The number of nitrogens with two attached hydrogens (primary N) is 1. The molecule has 0 spiro atoms. The third-order valence-electron chi connectivity index (χ3n) is 3.67. The second-order valence-corrected chi connectivity index (χ2v) is 5.52. The Labute approximate surface area is 118 Å². The lowest BCUT2D eigenvalue weighted by Crippen LogP contribution is -2.53. The number of primary amides is 1. The zero-order valence-corrected chi connectivity index (χ0v) is 12.0. The van der Waals surface area contributed by atoms with Gasteiger partial charge in [0.15, 0.2) is 0 Å². The maximum atomic E-state index is 12.1. The maximum Gasteiger partial charge on any atom is 0.326 e. The molecule has 1 saturated heterocycles. The van der Waals surface area contributed by atoms with Crippen LogP contribution in [0.1, 0.15) is 39.5 Å². The van der Waals surface area contributed by atoms with E-state index in [1.54, 1.807) is 4.90 Å². The van der Waals surface area contributed by atoms with Crippen molar-refractivity contribution in [3.8, 4) is 0 Å². The molecule has 1 rings (SSSR count). The first-order chi connectivity index (χ1) is 9.31. The molecule has 3 atom stereocenters. The van der Waals surface area contributed by atoms with Gasteiger partial charge in [-0.25, -0.2) is 9.59 Å². The van der Waals surface area contributed by atoms with Crippen molar-refractivity contribution in [2.75, 3.05) is 6.54 Å². The summed E-state index contributed by atoms with van der Waals surface area (Å²) >= 11 is 0. The molecule has 1 aliphatic rings. The first-order valence-corrected chi connectivity index (χ1v) is 6.89. The number of hydrogen-bond donors (Lipinski definition) is 3. The van der Waals surface area contributed by atoms with Gasteiger partial charge >= 0.3 is 12.0 Å². The first kappa shape index (κ1) is 16.3. The van der Waals surface area contributed by atoms with E-state index in [4.69, 9.17) is 10.8 Å². The Morgan fingerprint density at radius 2 is 2.05 bits per heavy atom. The molecule has 0 aromatic rings. The average molecular weight is 285 g/mol. The van der Waals surface area contributed by atoms with Gasteiger partial charge in [-0.2, -0.15) is 0 Å². The second-order valence-electron chi connectivity index (χ2n) is 5.52. The lowest BCUT2D eigenvalue weighted by molar-refractivity contribution is -0.139. The van der Waals surface area contributed by atoms with Gasteiger partial charge in [0, 0.05) is 19.0 Å². The molecule has 3 unspecified atom stereocenters. The van der Waals surface area contributed by atoms with Gasteiger partial charge < -0.3 is 21.1 Å². The molecule has 114 valence electrons. The van der Waals surface area contributed by atoms with Gasteiger partial charge in [0.25, 0.3) is 0 Å². The Morgan fingerprint density at radius 3 is 2.55 bits per heavy atom. The van der Waals surface area contributed by atoms with Gasteiger partial charge in [-0.05, 0) is 32.1 Å². The van der Waals surface area contributed by atoms with E-state index in [1.807, 2.05) is 6.92 Å². The molecular formula is C13H23N3O4. The number of aliphatic carboxylic acids is 1. The predicted octanol–water partition coefficient (Wildman–Crippen LogP) is 0.535. The van der Waals surface area contributed by atoms with Crippen LogP contribution in [0.2, 0.25) is 0 Å². The van der Waals surface area contributed by atoms with Crippen LogP contribution in [-0.2, 0) is 9.59 Å². The van der Waals surface area contributed by atoms with Crippen molar-refractivity contribution in [2.24, 2.45) is 11.7 Å². The van der Waals surface area contributed by atoms with Crippen molar-refractivity contribution >= 4 is 17.9 Å². The third kappa shape index (κ3) is 4.71. The van der Waals surface area contributed by atoms with Gasteiger partial charge in [0.2, 0.25) is 5.91 Å². The molecule has 7 nitrogen and oxygen atoms in total. The molecule has 0 aromatic carbocycles. The lowest BCUT2D eigenvalue weighted by Gasteiger charge is -2.37. The number of hydrogen-bond acceptors (Lipinski definition) is 3. The predicted molar refractivity (Wildman–Crippen MR) is 72.9 cm³/mol. The van der Waals surface area contributed by atoms with Crippen LogP contribution in [0.25, 0.3) is 0 Å². The minimum absolute atomic E-state index is 0.00896. The van der Waals surface area contributed by atoms with Gasteiger partial charge in [0.05, 0.1) is 0 Å². The van der Waals surface area contributed by atoms with Crippen molar-refractivity contribution in [3.05, 3.63) is 0 Å². The Morgan fingerprint density at radius 1 is 1.40 bits per heavy atom. The van der Waals surface area contributed by atoms with Crippen molar-refractivity contribution in [1.82, 2.24) is 10.2 Å². The van der Waals surface area contributed by atoms with E-state index in [9.17, 15) is 14.4 Å². The molecule has 7 heteroatoms. The van der Waals surface area contributed by atoms with E-state index >= 15 is 0 Å². The Hall–Kier alpha value is -1.79. The van der Waals surface area contributed by atoms with Crippen LogP contribution in [-0.4, -0.2) is 46.5 Å². The number of likely N-dealkylation sites (tertiary alicyclic amines) is 1. The highest BCUT2D eigenvalue weighted by molar-refractivity contribution is 5.83. The number of urea groups is 1. The first-order valence-electron chi connectivity index (χ1n) is 6.89. The summed E-state index contributed by atoms with van der Waals surface area (Å²) in [6.07, 6.45) is 1.77. The number of carbonyl (C=O) groups excluding carboxylic acids is 2. The zero-order chi connectivity index (χ0) is 15.3. The Kier molecular flexibility index (Phi) is 5.79. The van der Waals surface area contributed by atoms with Gasteiger partial charge in [-0.1, -0.05) is 6.92 Å². The quantitative estimate of drug-likeness (QED) is 0.684. The molecule has 3 amide bonds. The summed E-state index contributed by atoms with van der Waals surface area (Å²) in [6, 6.07) is -1.38. The normalized spacial score (nSPS) is 24.0. The molecule has 0 aliphatic carbocycles. The van der Waals surface area contributed by atoms with Crippen molar-refractivity contribution in [3.63, 3.8) is 0 Å². The number of piperidine rings is 1. The molecule has 0 bridgehead atoms. The average Bonchev–Trinajstić information content (AvgIpc) is 2.33. The minimum atomic E-state index is -1.15. The van der Waals surface area contributed by atoms with Crippen LogP contribution in [0.4, 0.5) is 4.79 Å². The third-order valence-corrected chi connectivity index (χ3v) is 3.67. The zero-order valence-electron chi connectivity index (χ0n) is 12.0. The number of carboxylic acid groups (broad SMARTS) is 1. The molecule has 1 fully saturated rings. The highest BCUT2D eigenvalue weighted by Crippen LogP contribution is 2.22. The van der Waals surface area contributed by atoms with Crippen molar-refractivity contribution in [2.45, 2.75) is 51.6 Å². The molecule has 0 radical (unpaired) electrons. The van der Waals surface area contributed by atoms with Crippen molar-refractivity contribution < 1.29 is 19.5 Å². The SMILES string of the molecule is CC1CCN(C(=O)NC(CCC(N)=O)C(=O)O)C(C)C1. The Balaban J connectivity index is 2.57. The standard InChI is InChI=1S/C13H23N3O4/c1-8-5-6-16(9(2)7-8)13(20)15-10(12(18)19)3-4-11(14)17/h8-10H,3-7H2,1-2H3,(H2,14,17)(H,15,20)(H,18,19). The number of carboxylic acids is 1. The molecular weight excluding hydrogens is 262 g/mol. The summed E-state index contributed by atoms with van der Waals surface area (Å²) in [4.78, 5) is 35.5. The maximum absolute atomic E-state index is 12.1. The number of rotatable bonds is 5. The van der Waals surface area contributed by atoms with Crippen LogP contribution in [0, 0.1) is 5.92 Å². The summed E-state index contributed by atoms with van der Waals surface area (Å²) in [6.45, 7) is 4.71. The molecule has 0 aromatic heterocycles. The van der Waals surface area contributed by atoms with E-state index in [0.717, 1.165) is 12.8 Å². The fourth-order valence-corrected chi connectivity index (χ4v) is 2.48. The smallest absolute Gasteiger partial charge is 0.326 e. The molecule has 1 heterocycles. The molecule has 1 aliphatic heterocycles. The van der Waals surface area contributed by atoms with Gasteiger partial charge in [0.1, 0.15) is 6.04 Å². The van der Waals surface area contributed by atoms with E-state index in [2.05, 4.69) is 12.2 Å². The molecule has 0 saturated carbocycles. The lowest BCUT2D eigenvalue weighted by atomic mass is 9.94. The topological polar surface area (TPSA) is 113 Å². The fraction of sp³-hybridized carbons (Fsp3) is 0.769. The van der Waals surface area contributed by atoms with Gasteiger partial charge in [-0.3, -0.25) is 4.79 Å². The van der Waals surface area contributed by atoms with Gasteiger partial charge in [-0.15, -0.1) is 0 Å². The summed E-state index contributed by atoms with van der Waals surface area (Å²) < 4.78 is 0. The summed E-state index contributed by atoms with van der Waals surface area (Å²) in [5.74, 6) is -1.16. The summed E-state index contributed by atoms with van der Waals surface area (Å²) in [7, 11) is 0. The highest BCUT2D eigenvalue weighted by Gasteiger charge is 2.29. The molecule has 4 N–H and O–H groups in total. The van der Waals surface area contributed by atoms with Crippen LogP contribution in [0.5, 0.6) is 0 Å². The van der Waals surface area contributed by atoms with Crippen molar-refractivity contribution in [1.29, 1.82) is 0 Å². The number of carbonyl (C=O) groups is 3.